The van der Waals surface area contributed by atoms with E-state index in [2.05, 4.69) is 34.1 Å². The van der Waals surface area contributed by atoms with Crippen LogP contribution in [0.3, 0.4) is 0 Å². The molecular formula is C13H22N4OS. The lowest BCUT2D eigenvalue weighted by atomic mass is 9.93. The minimum atomic E-state index is -0.0171. The van der Waals surface area contributed by atoms with Gasteiger partial charge in [-0.2, -0.15) is 0 Å². The molecule has 1 aromatic rings. The molecule has 19 heavy (non-hydrogen) atoms. The fraction of sp³-hybridized carbons (Fsp3) is 0.769. The molecular weight excluding hydrogens is 260 g/mol. The summed E-state index contributed by atoms with van der Waals surface area (Å²) in [5.41, 5.74) is 0.832. The van der Waals surface area contributed by atoms with E-state index in [9.17, 15) is 4.79 Å². The van der Waals surface area contributed by atoms with E-state index in [0.717, 1.165) is 31.6 Å². The number of rotatable bonds is 5. The highest BCUT2D eigenvalue weighted by Gasteiger charge is 2.23. The average Bonchev–Trinajstić information content (AvgIpc) is 2.88. The van der Waals surface area contributed by atoms with Crippen LogP contribution >= 0.6 is 11.5 Å². The molecule has 0 radical (unpaired) electrons. The van der Waals surface area contributed by atoms with Gasteiger partial charge in [0.15, 0.2) is 0 Å². The van der Waals surface area contributed by atoms with Gasteiger partial charge in [-0.25, -0.2) is 0 Å². The van der Waals surface area contributed by atoms with Gasteiger partial charge in [0.2, 0.25) is 0 Å². The van der Waals surface area contributed by atoms with Gasteiger partial charge < -0.3 is 10.6 Å². The predicted octanol–water partition coefficient (Wildman–Crippen LogP) is 1.61. The molecule has 2 N–H and O–H groups in total. The molecule has 0 bridgehead atoms. The predicted molar refractivity (Wildman–Crippen MR) is 76.4 cm³/mol. The average molecular weight is 282 g/mol. The zero-order valence-corrected chi connectivity index (χ0v) is 12.4. The van der Waals surface area contributed by atoms with Gasteiger partial charge in [0, 0.05) is 6.04 Å². The highest BCUT2D eigenvalue weighted by atomic mass is 32.1. The summed E-state index contributed by atoms with van der Waals surface area (Å²) in [5, 5.41) is 10.5. The van der Waals surface area contributed by atoms with Gasteiger partial charge >= 0.3 is 0 Å². The Morgan fingerprint density at radius 2 is 2.47 bits per heavy atom. The van der Waals surface area contributed by atoms with Crippen LogP contribution in [0, 0.1) is 5.92 Å². The first-order valence-electron chi connectivity index (χ1n) is 7.05. The second-order valence-corrected chi connectivity index (χ2v) is 5.92. The molecule has 2 unspecified atom stereocenters. The smallest absolute Gasteiger partial charge is 0.265 e. The maximum absolute atomic E-state index is 12.3. The monoisotopic (exact) mass is 282 g/mol. The number of hydrogen-bond acceptors (Lipinski definition) is 5. The number of nitrogens with one attached hydrogen (secondary N) is 2. The number of nitrogens with zero attached hydrogens (tertiary/aromatic N) is 2. The van der Waals surface area contributed by atoms with E-state index >= 15 is 0 Å². The number of carbonyl (C=O) groups excluding carboxylic acids is 1. The van der Waals surface area contributed by atoms with Crippen molar-refractivity contribution in [1.29, 1.82) is 0 Å². The summed E-state index contributed by atoms with van der Waals surface area (Å²) in [6, 6.07) is 0.192. The SMILES string of the molecule is CCCc1nnsc1C(=O)NC(C)C1CCCNC1. The Kier molecular flexibility index (Phi) is 5.27. The Hall–Kier alpha value is -1.01. The minimum absolute atomic E-state index is 0.0171. The molecule has 2 rings (SSSR count). The Morgan fingerprint density at radius 3 is 3.16 bits per heavy atom. The van der Waals surface area contributed by atoms with Crippen molar-refractivity contribution < 1.29 is 4.79 Å². The van der Waals surface area contributed by atoms with E-state index in [-0.39, 0.29) is 11.9 Å². The molecule has 6 heteroatoms. The van der Waals surface area contributed by atoms with Crippen molar-refractivity contribution in [2.24, 2.45) is 5.92 Å². The fourth-order valence-electron chi connectivity index (χ4n) is 2.48. The lowest BCUT2D eigenvalue weighted by Gasteiger charge is -2.28. The molecule has 0 saturated carbocycles. The Balaban J connectivity index is 1.93. The molecule has 0 spiro atoms. The largest absolute Gasteiger partial charge is 0.348 e. The van der Waals surface area contributed by atoms with Crippen molar-refractivity contribution in [1.82, 2.24) is 20.2 Å². The second kappa shape index (κ2) is 6.96. The van der Waals surface area contributed by atoms with Crippen LogP contribution in [0.1, 0.15) is 48.5 Å². The van der Waals surface area contributed by atoms with Crippen molar-refractivity contribution in [3.05, 3.63) is 10.6 Å². The third-order valence-corrected chi connectivity index (χ3v) is 4.42. The van der Waals surface area contributed by atoms with Gasteiger partial charge in [0.25, 0.3) is 5.91 Å². The molecule has 1 saturated heterocycles. The summed E-state index contributed by atoms with van der Waals surface area (Å²) in [5.74, 6) is 0.504. The van der Waals surface area contributed by atoms with Gasteiger partial charge in [-0.05, 0) is 56.7 Å². The molecule has 0 aliphatic carbocycles. The number of carbonyl (C=O) groups is 1. The van der Waals surface area contributed by atoms with Gasteiger partial charge in [0.1, 0.15) is 4.88 Å². The van der Waals surface area contributed by atoms with Crippen LogP contribution in [0.5, 0.6) is 0 Å². The Labute approximate surface area is 118 Å². The van der Waals surface area contributed by atoms with E-state index < -0.39 is 0 Å². The maximum atomic E-state index is 12.3. The molecule has 2 heterocycles. The summed E-state index contributed by atoms with van der Waals surface area (Å²) in [4.78, 5) is 12.9. The summed E-state index contributed by atoms with van der Waals surface area (Å²) >= 11 is 1.20. The Morgan fingerprint density at radius 1 is 1.63 bits per heavy atom. The molecule has 1 fully saturated rings. The van der Waals surface area contributed by atoms with Crippen LogP contribution < -0.4 is 10.6 Å². The van der Waals surface area contributed by atoms with Crippen LogP contribution in [-0.2, 0) is 6.42 Å². The highest BCUT2D eigenvalue weighted by Crippen LogP contribution is 2.17. The molecule has 106 valence electrons. The van der Waals surface area contributed by atoms with Crippen LogP contribution in [0.15, 0.2) is 0 Å². The maximum Gasteiger partial charge on any atom is 0.265 e. The summed E-state index contributed by atoms with van der Waals surface area (Å²) < 4.78 is 3.90. The molecule has 0 aromatic carbocycles. The zero-order valence-electron chi connectivity index (χ0n) is 11.6. The van der Waals surface area contributed by atoms with Crippen molar-refractivity contribution in [2.75, 3.05) is 13.1 Å². The zero-order chi connectivity index (χ0) is 13.7. The fourth-order valence-corrected chi connectivity index (χ4v) is 3.09. The van der Waals surface area contributed by atoms with Crippen LogP contribution in [-0.4, -0.2) is 34.6 Å². The molecule has 1 aliphatic rings. The quantitative estimate of drug-likeness (QED) is 0.861. The van der Waals surface area contributed by atoms with E-state index in [1.165, 1.54) is 24.4 Å². The number of piperidine rings is 1. The summed E-state index contributed by atoms with van der Waals surface area (Å²) in [7, 11) is 0. The lowest BCUT2D eigenvalue weighted by Crippen LogP contribution is -2.44. The van der Waals surface area contributed by atoms with E-state index in [1.54, 1.807) is 0 Å². The van der Waals surface area contributed by atoms with E-state index in [0.29, 0.717) is 10.8 Å². The first-order chi connectivity index (χ1) is 9.22. The highest BCUT2D eigenvalue weighted by molar-refractivity contribution is 7.08. The Bertz CT molecular complexity index is 415. The standard InChI is InChI=1S/C13H22N4OS/c1-3-5-11-12(19-17-16-11)13(18)15-9(2)10-6-4-7-14-8-10/h9-10,14H,3-8H2,1-2H3,(H,15,18). The molecule has 1 amide bonds. The molecule has 1 aromatic heterocycles. The van der Waals surface area contributed by atoms with E-state index in [1.807, 2.05) is 0 Å². The van der Waals surface area contributed by atoms with Crippen molar-refractivity contribution in [2.45, 2.75) is 45.6 Å². The number of aromatic nitrogens is 2. The van der Waals surface area contributed by atoms with Crippen LogP contribution in [0.4, 0.5) is 0 Å². The topological polar surface area (TPSA) is 66.9 Å². The van der Waals surface area contributed by atoms with Gasteiger partial charge in [0.05, 0.1) is 5.69 Å². The molecule has 2 atom stereocenters. The minimum Gasteiger partial charge on any atom is -0.348 e. The van der Waals surface area contributed by atoms with E-state index in [4.69, 9.17) is 0 Å². The number of aryl methyl sites for hydroxylation is 1. The summed E-state index contributed by atoms with van der Waals surface area (Å²) in [6.45, 7) is 6.25. The third-order valence-electron chi connectivity index (χ3n) is 3.65. The van der Waals surface area contributed by atoms with Crippen LogP contribution in [0.2, 0.25) is 0 Å². The number of hydrogen-bond donors (Lipinski definition) is 2. The van der Waals surface area contributed by atoms with Gasteiger partial charge in [-0.1, -0.05) is 17.8 Å². The third kappa shape index (κ3) is 3.73. The lowest BCUT2D eigenvalue weighted by molar-refractivity contribution is 0.0925. The normalized spacial score (nSPS) is 21.1. The van der Waals surface area contributed by atoms with Crippen molar-refractivity contribution in [3.8, 4) is 0 Å². The van der Waals surface area contributed by atoms with Gasteiger partial charge in [-0.3, -0.25) is 4.79 Å². The first kappa shape index (κ1) is 14.4. The van der Waals surface area contributed by atoms with Crippen molar-refractivity contribution in [3.63, 3.8) is 0 Å². The first-order valence-corrected chi connectivity index (χ1v) is 7.82. The second-order valence-electron chi connectivity index (χ2n) is 5.17. The van der Waals surface area contributed by atoms with Crippen LogP contribution in [0.25, 0.3) is 0 Å². The molecule has 5 nitrogen and oxygen atoms in total. The summed E-state index contributed by atoms with van der Waals surface area (Å²) in [6.07, 6.45) is 4.16. The number of amides is 1. The van der Waals surface area contributed by atoms with Crippen molar-refractivity contribution >= 4 is 17.4 Å². The molecule has 1 aliphatic heterocycles. The van der Waals surface area contributed by atoms with Gasteiger partial charge in [-0.15, -0.1) is 5.10 Å².